The fourth-order valence-electron chi connectivity index (χ4n) is 1.74. The lowest BCUT2D eigenvalue weighted by atomic mass is 10.1. The number of nitrogens with zero attached hydrogens (tertiary/aromatic N) is 3. The Morgan fingerprint density at radius 2 is 2.35 bits per heavy atom. The number of halogens is 1. The van der Waals surface area contributed by atoms with E-state index >= 15 is 0 Å². The van der Waals surface area contributed by atoms with Gasteiger partial charge in [-0.3, -0.25) is 9.48 Å². The normalized spacial score (nSPS) is 10.0. The lowest BCUT2D eigenvalue weighted by Crippen LogP contribution is -2.25. The monoisotopic (exact) mass is 332 g/mol. The van der Waals surface area contributed by atoms with Crippen LogP contribution >= 0.6 is 15.9 Å². The molecule has 0 radical (unpaired) electrons. The minimum atomic E-state index is -0.163. The Morgan fingerprint density at radius 1 is 1.50 bits per heavy atom. The van der Waals surface area contributed by atoms with Gasteiger partial charge in [0.25, 0.3) is 5.91 Å². The van der Waals surface area contributed by atoms with Gasteiger partial charge in [0, 0.05) is 24.8 Å². The quantitative estimate of drug-likeness (QED) is 0.854. The fraction of sp³-hybridized carbons (Fsp3) is 0.214. The first-order chi connectivity index (χ1) is 9.69. The van der Waals surface area contributed by atoms with E-state index in [2.05, 4.69) is 26.3 Å². The highest BCUT2D eigenvalue weighted by Gasteiger charge is 2.05. The number of amides is 1. The molecular formula is C14H13BrN4O. The number of carbonyl (C=O) groups is 1. The van der Waals surface area contributed by atoms with Crippen molar-refractivity contribution in [3.05, 3.63) is 52.3 Å². The minimum Gasteiger partial charge on any atom is -0.352 e. The van der Waals surface area contributed by atoms with Crippen molar-refractivity contribution in [2.75, 3.05) is 6.54 Å². The summed E-state index contributed by atoms with van der Waals surface area (Å²) in [6, 6.07) is 8.67. The minimum absolute atomic E-state index is 0.163. The average molecular weight is 333 g/mol. The van der Waals surface area contributed by atoms with Gasteiger partial charge in [0.15, 0.2) is 0 Å². The van der Waals surface area contributed by atoms with E-state index in [4.69, 9.17) is 5.26 Å². The maximum atomic E-state index is 11.9. The van der Waals surface area contributed by atoms with Gasteiger partial charge in [0.05, 0.1) is 22.3 Å². The molecule has 20 heavy (non-hydrogen) atoms. The number of hydrogen-bond donors (Lipinski definition) is 1. The van der Waals surface area contributed by atoms with Gasteiger partial charge in [-0.1, -0.05) is 6.07 Å². The first kappa shape index (κ1) is 14.3. The van der Waals surface area contributed by atoms with Crippen molar-refractivity contribution >= 4 is 21.8 Å². The Balaban J connectivity index is 1.79. The predicted octanol–water partition coefficient (Wildman–Crippen LogP) is 2.34. The van der Waals surface area contributed by atoms with E-state index in [1.165, 1.54) is 0 Å². The maximum Gasteiger partial charge on any atom is 0.251 e. The molecule has 0 bridgehead atoms. The van der Waals surface area contributed by atoms with E-state index < -0.39 is 0 Å². The molecular weight excluding hydrogens is 320 g/mol. The van der Waals surface area contributed by atoms with Gasteiger partial charge in [-0.05, 0) is 40.5 Å². The molecule has 6 heteroatoms. The van der Waals surface area contributed by atoms with Crippen molar-refractivity contribution in [2.45, 2.75) is 13.0 Å². The number of aromatic nitrogens is 2. The van der Waals surface area contributed by atoms with E-state index in [0.717, 1.165) is 17.4 Å². The molecule has 102 valence electrons. The molecule has 0 saturated heterocycles. The standard InChI is InChI=1S/C14H13BrN4O/c15-13-9-18-19(10-13)6-2-5-17-14(20)12-4-1-3-11(7-12)8-16/h1,3-4,7,9-10H,2,5-6H2,(H,17,20). The van der Waals surface area contributed by atoms with E-state index in [9.17, 15) is 4.79 Å². The Morgan fingerprint density at radius 3 is 3.05 bits per heavy atom. The number of aryl methyl sites for hydroxylation is 1. The van der Waals surface area contributed by atoms with Crippen molar-refractivity contribution in [3.63, 3.8) is 0 Å². The zero-order chi connectivity index (χ0) is 14.4. The summed E-state index contributed by atoms with van der Waals surface area (Å²) in [6.07, 6.45) is 4.40. The summed E-state index contributed by atoms with van der Waals surface area (Å²) in [6.45, 7) is 1.30. The van der Waals surface area contributed by atoms with E-state index in [-0.39, 0.29) is 5.91 Å². The van der Waals surface area contributed by atoms with Crippen LogP contribution in [0, 0.1) is 11.3 Å². The van der Waals surface area contributed by atoms with Gasteiger partial charge in [-0.15, -0.1) is 0 Å². The third-order valence-corrected chi connectivity index (χ3v) is 3.11. The highest BCUT2D eigenvalue weighted by Crippen LogP contribution is 2.06. The lowest BCUT2D eigenvalue weighted by Gasteiger charge is -2.05. The van der Waals surface area contributed by atoms with Crippen LogP contribution in [0.4, 0.5) is 0 Å². The van der Waals surface area contributed by atoms with Crippen molar-refractivity contribution in [2.24, 2.45) is 0 Å². The smallest absolute Gasteiger partial charge is 0.251 e. The number of benzene rings is 1. The second-order valence-electron chi connectivity index (χ2n) is 4.22. The molecule has 2 aromatic rings. The third-order valence-electron chi connectivity index (χ3n) is 2.71. The van der Waals surface area contributed by atoms with E-state index in [1.54, 1.807) is 30.5 Å². The molecule has 0 unspecified atom stereocenters. The van der Waals surface area contributed by atoms with Crippen molar-refractivity contribution < 1.29 is 4.79 Å². The molecule has 0 saturated carbocycles. The van der Waals surface area contributed by atoms with Crippen molar-refractivity contribution in [1.29, 1.82) is 5.26 Å². The molecule has 0 fully saturated rings. The SMILES string of the molecule is N#Cc1cccc(C(=O)NCCCn2cc(Br)cn2)c1. The van der Waals surface area contributed by atoms with Gasteiger partial charge in [-0.2, -0.15) is 10.4 Å². The Hall–Kier alpha value is -2.13. The summed E-state index contributed by atoms with van der Waals surface area (Å²) in [5, 5.41) is 15.8. The van der Waals surface area contributed by atoms with Crippen LogP contribution < -0.4 is 5.32 Å². The highest BCUT2D eigenvalue weighted by atomic mass is 79.9. The third kappa shape index (κ3) is 3.93. The first-order valence-electron chi connectivity index (χ1n) is 6.15. The summed E-state index contributed by atoms with van der Waals surface area (Å²) in [5.41, 5.74) is 0.991. The number of nitriles is 1. The topological polar surface area (TPSA) is 70.7 Å². The largest absolute Gasteiger partial charge is 0.352 e. The van der Waals surface area contributed by atoms with Crippen molar-refractivity contribution in [3.8, 4) is 6.07 Å². The second kappa shape index (κ2) is 6.87. The number of carbonyl (C=O) groups excluding carboxylic acids is 1. The molecule has 0 atom stereocenters. The van der Waals surface area contributed by atoms with Crippen LogP contribution in [-0.4, -0.2) is 22.2 Å². The van der Waals surface area contributed by atoms with Crippen LogP contribution in [-0.2, 0) is 6.54 Å². The summed E-state index contributed by atoms with van der Waals surface area (Å²) >= 11 is 3.33. The zero-order valence-corrected chi connectivity index (χ0v) is 12.3. The van der Waals surface area contributed by atoms with Gasteiger partial charge in [0.1, 0.15) is 0 Å². The predicted molar refractivity (Wildman–Crippen MR) is 78.0 cm³/mol. The summed E-state index contributed by atoms with van der Waals surface area (Å²) in [7, 11) is 0. The summed E-state index contributed by atoms with van der Waals surface area (Å²) in [4.78, 5) is 11.9. The molecule has 5 nitrogen and oxygen atoms in total. The van der Waals surface area contributed by atoms with Crippen LogP contribution in [0.5, 0.6) is 0 Å². The Labute approximate surface area is 125 Å². The number of rotatable bonds is 5. The molecule has 0 aliphatic heterocycles. The molecule has 1 aromatic heterocycles. The summed E-state index contributed by atoms with van der Waals surface area (Å²) in [5.74, 6) is -0.163. The van der Waals surface area contributed by atoms with Crippen LogP contribution in [0.15, 0.2) is 41.1 Å². The van der Waals surface area contributed by atoms with Gasteiger partial charge >= 0.3 is 0 Å². The first-order valence-corrected chi connectivity index (χ1v) is 6.94. The van der Waals surface area contributed by atoms with Crippen LogP contribution in [0.2, 0.25) is 0 Å². The molecule has 1 N–H and O–H groups in total. The van der Waals surface area contributed by atoms with Gasteiger partial charge in [-0.25, -0.2) is 0 Å². The van der Waals surface area contributed by atoms with E-state index in [0.29, 0.717) is 17.7 Å². The number of nitrogens with one attached hydrogen (secondary N) is 1. The maximum absolute atomic E-state index is 11.9. The Kier molecular flexibility index (Phi) is 4.91. The second-order valence-corrected chi connectivity index (χ2v) is 5.14. The van der Waals surface area contributed by atoms with Gasteiger partial charge in [0.2, 0.25) is 0 Å². The van der Waals surface area contributed by atoms with Crippen LogP contribution in [0.25, 0.3) is 0 Å². The van der Waals surface area contributed by atoms with Crippen molar-refractivity contribution in [1.82, 2.24) is 15.1 Å². The molecule has 1 heterocycles. The number of hydrogen-bond acceptors (Lipinski definition) is 3. The molecule has 1 amide bonds. The van der Waals surface area contributed by atoms with Crippen LogP contribution in [0.1, 0.15) is 22.3 Å². The lowest BCUT2D eigenvalue weighted by molar-refractivity contribution is 0.0952. The summed E-state index contributed by atoms with van der Waals surface area (Å²) < 4.78 is 2.75. The van der Waals surface area contributed by atoms with Gasteiger partial charge < -0.3 is 5.32 Å². The molecule has 1 aromatic carbocycles. The average Bonchev–Trinajstić information content (AvgIpc) is 2.89. The van der Waals surface area contributed by atoms with E-state index in [1.807, 2.05) is 16.9 Å². The molecule has 0 spiro atoms. The van der Waals surface area contributed by atoms with Crippen LogP contribution in [0.3, 0.4) is 0 Å². The molecule has 0 aliphatic rings. The molecule has 0 aliphatic carbocycles. The molecule has 2 rings (SSSR count). The Bertz CT molecular complexity index is 645. The highest BCUT2D eigenvalue weighted by molar-refractivity contribution is 9.10. The zero-order valence-electron chi connectivity index (χ0n) is 10.7. The fourth-order valence-corrected chi connectivity index (χ4v) is 2.06.